The van der Waals surface area contributed by atoms with Gasteiger partial charge in [0.2, 0.25) is 0 Å². The third-order valence-corrected chi connectivity index (χ3v) is 2.25. The third kappa shape index (κ3) is 4.33. The normalized spacial score (nSPS) is 13.4. The van der Waals surface area contributed by atoms with Crippen LogP contribution >= 0.6 is 0 Å². The summed E-state index contributed by atoms with van der Waals surface area (Å²) in [5.41, 5.74) is 2.05. The van der Waals surface area contributed by atoms with Gasteiger partial charge in [0.1, 0.15) is 0 Å². The van der Waals surface area contributed by atoms with E-state index in [1.54, 1.807) is 0 Å². The van der Waals surface area contributed by atoms with E-state index in [9.17, 15) is 5.11 Å². The van der Waals surface area contributed by atoms with Gasteiger partial charge in [-0.25, -0.2) is 0 Å². The number of nitrogens with zero attached hydrogens (tertiary/aromatic N) is 2. The predicted molar refractivity (Wildman–Crippen MR) is 63.4 cm³/mol. The Morgan fingerprint density at radius 1 is 1.38 bits per heavy atom. The van der Waals surface area contributed by atoms with Gasteiger partial charge in [-0.2, -0.15) is 5.10 Å². The van der Waals surface area contributed by atoms with Gasteiger partial charge >= 0.3 is 0 Å². The lowest BCUT2D eigenvalue weighted by atomic mass is 10.2. The van der Waals surface area contributed by atoms with Crippen LogP contribution in [0.1, 0.15) is 25.2 Å². The molecule has 4 heteroatoms. The molecule has 0 aliphatic heterocycles. The minimum atomic E-state index is -0.489. The average Bonchev–Trinajstić information content (AvgIpc) is 2.44. The van der Waals surface area contributed by atoms with Crippen LogP contribution in [0.2, 0.25) is 0 Å². The number of rotatable bonds is 6. The lowest BCUT2D eigenvalue weighted by Crippen LogP contribution is -2.24. The van der Waals surface area contributed by atoms with E-state index in [0.29, 0.717) is 25.7 Å². The van der Waals surface area contributed by atoms with Crippen LogP contribution in [0, 0.1) is 19.8 Å². The van der Waals surface area contributed by atoms with Gasteiger partial charge < -0.3 is 9.84 Å². The molecule has 0 fully saturated rings. The van der Waals surface area contributed by atoms with Crippen molar-refractivity contribution in [2.45, 2.75) is 40.3 Å². The first-order valence-electron chi connectivity index (χ1n) is 5.76. The number of aryl methyl sites for hydroxylation is 2. The van der Waals surface area contributed by atoms with Crippen LogP contribution in [0.5, 0.6) is 0 Å². The van der Waals surface area contributed by atoms with E-state index in [-0.39, 0.29) is 0 Å². The van der Waals surface area contributed by atoms with Gasteiger partial charge in [-0.05, 0) is 25.8 Å². The second-order valence-electron chi connectivity index (χ2n) is 4.69. The molecule has 1 N–H and O–H groups in total. The van der Waals surface area contributed by atoms with Crippen molar-refractivity contribution in [2.24, 2.45) is 5.92 Å². The highest BCUT2D eigenvalue weighted by molar-refractivity contribution is 5.06. The SMILES string of the molecule is Cc1cc(C)n(C[C@H](O)COCC(C)C)n1. The lowest BCUT2D eigenvalue weighted by molar-refractivity contribution is 0.0162. The summed E-state index contributed by atoms with van der Waals surface area (Å²) < 4.78 is 7.20. The van der Waals surface area contributed by atoms with Gasteiger partial charge in [0.15, 0.2) is 0 Å². The molecule has 92 valence electrons. The first kappa shape index (κ1) is 13.2. The summed E-state index contributed by atoms with van der Waals surface area (Å²) in [7, 11) is 0. The Hall–Kier alpha value is -0.870. The smallest absolute Gasteiger partial charge is 0.0969 e. The Labute approximate surface area is 97.2 Å². The molecule has 16 heavy (non-hydrogen) atoms. The van der Waals surface area contributed by atoms with Gasteiger partial charge in [-0.15, -0.1) is 0 Å². The Balaban J connectivity index is 2.34. The zero-order chi connectivity index (χ0) is 12.1. The van der Waals surface area contributed by atoms with E-state index in [0.717, 1.165) is 11.4 Å². The molecule has 0 bridgehead atoms. The second-order valence-corrected chi connectivity index (χ2v) is 4.69. The highest BCUT2D eigenvalue weighted by Gasteiger charge is 2.09. The minimum absolute atomic E-state index is 0.372. The van der Waals surface area contributed by atoms with Crippen LogP contribution in [-0.4, -0.2) is 34.2 Å². The number of aliphatic hydroxyl groups is 1. The van der Waals surface area contributed by atoms with E-state index < -0.39 is 6.10 Å². The predicted octanol–water partition coefficient (Wildman–Crippen LogP) is 1.53. The highest BCUT2D eigenvalue weighted by atomic mass is 16.5. The van der Waals surface area contributed by atoms with Gasteiger partial charge in [-0.1, -0.05) is 13.8 Å². The number of hydrogen-bond donors (Lipinski definition) is 1. The molecule has 1 aromatic rings. The molecule has 0 unspecified atom stereocenters. The maximum atomic E-state index is 9.76. The molecule has 1 atom stereocenters. The zero-order valence-corrected chi connectivity index (χ0v) is 10.6. The molecule has 0 saturated carbocycles. The molecule has 0 saturated heterocycles. The van der Waals surface area contributed by atoms with Gasteiger partial charge in [-0.3, -0.25) is 4.68 Å². The standard InChI is InChI=1S/C12H22N2O2/c1-9(2)7-16-8-12(15)6-14-11(4)5-10(3)13-14/h5,9,12,15H,6-8H2,1-4H3/t12-/m0/s1. The molecule has 0 amide bonds. The zero-order valence-electron chi connectivity index (χ0n) is 10.6. The van der Waals surface area contributed by atoms with Crippen molar-refractivity contribution in [1.82, 2.24) is 9.78 Å². The fourth-order valence-corrected chi connectivity index (χ4v) is 1.55. The average molecular weight is 226 g/mol. The Bertz CT molecular complexity index is 321. The summed E-state index contributed by atoms with van der Waals surface area (Å²) >= 11 is 0. The second kappa shape index (κ2) is 6.01. The molecule has 0 aromatic carbocycles. The third-order valence-electron chi connectivity index (χ3n) is 2.25. The van der Waals surface area contributed by atoms with E-state index in [2.05, 4.69) is 18.9 Å². The first-order valence-corrected chi connectivity index (χ1v) is 5.76. The molecule has 4 nitrogen and oxygen atoms in total. The molecule has 0 aliphatic carbocycles. The van der Waals surface area contributed by atoms with Crippen LogP contribution < -0.4 is 0 Å². The van der Waals surface area contributed by atoms with Crippen LogP contribution in [-0.2, 0) is 11.3 Å². The van der Waals surface area contributed by atoms with E-state index in [4.69, 9.17) is 4.74 Å². The summed E-state index contributed by atoms with van der Waals surface area (Å²) in [6.07, 6.45) is -0.489. The van der Waals surface area contributed by atoms with Crippen LogP contribution in [0.15, 0.2) is 6.07 Å². The van der Waals surface area contributed by atoms with E-state index >= 15 is 0 Å². The van der Waals surface area contributed by atoms with Crippen molar-refractivity contribution < 1.29 is 9.84 Å². The van der Waals surface area contributed by atoms with Crippen molar-refractivity contribution in [3.63, 3.8) is 0 Å². The maximum absolute atomic E-state index is 9.76. The first-order chi connectivity index (χ1) is 7.49. The van der Waals surface area contributed by atoms with Gasteiger partial charge in [0.25, 0.3) is 0 Å². The van der Waals surface area contributed by atoms with Crippen LogP contribution in [0.3, 0.4) is 0 Å². The topological polar surface area (TPSA) is 47.3 Å². The Kier molecular flexibility index (Phi) is 4.96. The number of aromatic nitrogens is 2. The fraction of sp³-hybridized carbons (Fsp3) is 0.750. The monoisotopic (exact) mass is 226 g/mol. The molecule has 1 aromatic heterocycles. The summed E-state index contributed by atoms with van der Waals surface area (Å²) in [4.78, 5) is 0. The lowest BCUT2D eigenvalue weighted by Gasteiger charge is -2.13. The molecular weight excluding hydrogens is 204 g/mol. The highest BCUT2D eigenvalue weighted by Crippen LogP contribution is 2.03. The van der Waals surface area contributed by atoms with Crippen molar-refractivity contribution in [3.8, 4) is 0 Å². The molecule has 1 heterocycles. The quantitative estimate of drug-likeness (QED) is 0.800. The van der Waals surface area contributed by atoms with E-state index in [1.807, 2.05) is 24.6 Å². The number of hydrogen-bond acceptors (Lipinski definition) is 3. The molecular formula is C12H22N2O2. The largest absolute Gasteiger partial charge is 0.389 e. The van der Waals surface area contributed by atoms with Crippen LogP contribution in [0.25, 0.3) is 0 Å². The van der Waals surface area contributed by atoms with Gasteiger partial charge in [0, 0.05) is 12.3 Å². The van der Waals surface area contributed by atoms with Gasteiger partial charge in [0.05, 0.1) is 24.9 Å². The van der Waals surface area contributed by atoms with Crippen molar-refractivity contribution in [1.29, 1.82) is 0 Å². The van der Waals surface area contributed by atoms with Crippen molar-refractivity contribution >= 4 is 0 Å². The summed E-state index contributed by atoms with van der Waals surface area (Å²) in [6.45, 7) is 9.68. The molecule has 0 spiro atoms. The summed E-state index contributed by atoms with van der Waals surface area (Å²) in [6, 6.07) is 2.00. The van der Waals surface area contributed by atoms with Crippen molar-refractivity contribution in [2.75, 3.05) is 13.2 Å². The number of ether oxygens (including phenoxy) is 1. The van der Waals surface area contributed by atoms with Crippen LogP contribution in [0.4, 0.5) is 0 Å². The maximum Gasteiger partial charge on any atom is 0.0969 e. The Morgan fingerprint density at radius 2 is 2.06 bits per heavy atom. The minimum Gasteiger partial charge on any atom is -0.389 e. The summed E-state index contributed by atoms with van der Waals surface area (Å²) in [5, 5.41) is 14.1. The summed E-state index contributed by atoms with van der Waals surface area (Å²) in [5.74, 6) is 0.501. The number of aliphatic hydroxyl groups excluding tert-OH is 1. The van der Waals surface area contributed by atoms with Crippen molar-refractivity contribution in [3.05, 3.63) is 17.5 Å². The fourth-order valence-electron chi connectivity index (χ4n) is 1.55. The molecule has 0 aliphatic rings. The van der Waals surface area contributed by atoms with E-state index in [1.165, 1.54) is 0 Å². The molecule has 1 rings (SSSR count). The molecule has 0 radical (unpaired) electrons. The Morgan fingerprint density at radius 3 is 2.56 bits per heavy atom.